The van der Waals surface area contributed by atoms with Gasteiger partial charge in [-0.3, -0.25) is 10.1 Å². The van der Waals surface area contributed by atoms with Crippen LogP contribution in [-0.2, 0) is 0 Å². The molecule has 2 aromatic rings. The van der Waals surface area contributed by atoms with Crippen molar-refractivity contribution in [2.24, 2.45) is 0 Å². The molecule has 18 heavy (non-hydrogen) atoms. The third-order valence-electron chi connectivity index (χ3n) is 2.39. The quantitative estimate of drug-likeness (QED) is 0.896. The van der Waals surface area contributed by atoms with Gasteiger partial charge in [-0.15, -0.1) is 11.3 Å². The van der Waals surface area contributed by atoms with Crippen LogP contribution in [0.4, 0.5) is 5.13 Å². The van der Waals surface area contributed by atoms with Crippen molar-refractivity contribution in [2.45, 2.75) is 13.8 Å². The van der Waals surface area contributed by atoms with E-state index >= 15 is 0 Å². The van der Waals surface area contributed by atoms with Gasteiger partial charge in [-0.05, 0) is 26.0 Å². The maximum Gasteiger partial charge on any atom is 0.259 e. The molecule has 0 saturated heterocycles. The predicted octanol–water partition coefficient (Wildman–Crippen LogP) is 2.28. The number of nitrogens with one attached hydrogen (secondary N) is 1. The van der Waals surface area contributed by atoms with E-state index in [0.717, 1.165) is 10.6 Å². The molecular weight excluding hydrogens is 248 g/mol. The summed E-state index contributed by atoms with van der Waals surface area (Å²) in [5.74, 6) is -0.277. The van der Waals surface area contributed by atoms with Crippen molar-refractivity contribution < 1.29 is 4.79 Å². The van der Waals surface area contributed by atoms with Crippen LogP contribution in [-0.4, -0.2) is 15.9 Å². The fourth-order valence-corrected chi connectivity index (χ4v) is 2.10. The zero-order valence-electron chi connectivity index (χ0n) is 9.89. The lowest BCUT2D eigenvalue weighted by Crippen LogP contribution is -2.12. The molecule has 0 saturated carbocycles. The number of aromatic nitrogens is 2. The number of carbonyl (C=O) groups is 1. The molecule has 0 atom stereocenters. The minimum atomic E-state index is -0.277. The Balaban J connectivity index is 2.14. The summed E-state index contributed by atoms with van der Waals surface area (Å²) >= 11 is 1.43. The Hall–Kier alpha value is -2.26. The molecule has 5 nitrogen and oxygen atoms in total. The monoisotopic (exact) mass is 258 g/mol. The second-order valence-corrected chi connectivity index (χ2v) is 4.86. The van der Waals surface area contributed by atoms with E-state index in [1.165, 1.54) is 23.6 Å². The van der Waals surface area contributed by atoms with Gasteiger partial charge in [0.15, 0.2) is 5.13 Å². The van der Waals surface area contributed by atoms with Crippen LogP contribution >= 0.6 is 11.3 Å². The van der Waals surface area contributed by atoms with E-state index in [-0.39, 0.29) is 11.6 Å². The molecule has 2 heterocycles. The van der Waals surface area contributed by atoms with E-state index in [1.807, 2.05) is 19.9 Å². The Bertz CT molecular complexity index is 605. The topological polar surface area (TPSA) is 78.7 Å². The van der Waals surface area contributed by atoms with E-state index in [0.29, 0.717) is 10.7 Å². The van der Waals surface area contributed by atoms with Gasteiger partial charge in [0.25, 0.3) is 5.91 Å². The first-order valence-corrected chi connectivity index (χ1v) is 6.03. The Morgan fingerprint density at radius 1 is 1.44 bits per heavy atom. The van der Waals surface area contributed by atoms with Gasteiger partial charge in [0.2, 0.25) is 0 Å². The fraction of sp³-hybridized carbons (Fsp3) is 0.167. The number of anilines is 1. The number of hydrogen-bond donors (Lipinski definition) is 1. The second-order valence-electron chi connectivity index (χ2n) is 3.66. The van der Waals surface area contributed by atoms with Crippen molar-refractivity contribution in [1.29, 1.82) is 5.26 Å². The molecule has 0 aliphatic rings. The maximum absolute atomic E-state index is 11.9. The molecule has 0 aliphatic carbocycles. The molecule has 0 bridgehead atoms. The summed E-state index contributed by atoms with van der Waals surface area (Å²) in [6, 6.07) is 4.97. The highest BCUT2D eigenvalue weighted by Crippen LogP contribution is 2.21. The Kier molecular flexibility index (Phi) is 3.35. The third kappa shape index (κ3) is 2.52. The van der Waals surface area contributed by atoms with E-state index < -0.39 is 0 Å². The minimum absolute atomic E-state index is 0.277. The molecule has 1 N–H and O–H groups in total. The lowest BCUT2D eigenvalue weighted by atomic mass is 10.2. The molecule has 0 unspecified atom stereocenters. The molecular formula is C12H10N4OS. The molecule has 0 spiro atoms. The summed E-state index contributed by atoms with van der Waals surface area (Å²) < 4.78 is 0. The van der Waals surface area contributed by atoms with E-state index in [2.05, 4.69) is 15.3 Å². The van der Waals surface area contributed by atoms with Crippen LogP contribution in [0.15, 0.2) is 18.3 Å². The van der Waals surface area contributed by atoms with Crippen molar-refractivity contribution in [3.63, 3.8) is 0 Å². The highest BCUT2D eigenvalue weighted by Gasteiger charge is 2.10. The number of amides is 1. The molecule has 0 fully saturated rings. The lowest BCUT2D eigenvalue weighted by Gasteiger charge is -2.00. The normalized spacial score (nSPS) is 9.83. The first-order chi connectivity index (χ1) is 8.60. The van der Waals surface area contributed by atoms with Gasteiger partial charge in [-0.25, -0.2) is 9.97 Å². The Labute approximate surface area is 108 Å². The smallest absolute Gasteiger partial charge is 0.259 e. The largest absolute Gasteiger partial charge is 0.298 e. The second kappa shape index (κ2) is 4.94. The number of hydrogen-bond acceptors (Lipinski definition) is 5. The van der Waals surface area contributed by atoms with Gasteiger partial charge in [-0.1, -0.05) is 0 Å². The molecule has 1 amide bonds. The standard InChI is InChI=1S/C12H10N4OS/c1-7-8(2)18-12(15-7)16-11(17)9-3-4-10(5-13)14-6-9/h3-4,6H,1-2H3,(H,15,16,17). The number of carbonyl (C=O) groups excluding carboxylic acids is 1. The van der Waals surface area contributed by atoms with E-state index in [9.17, 15) is 4.79 Å². The van der Waals surface area contributed by atoms with Crippen molar-refractivity contribution in [1.82, 2.24) is 9.97 Å². The number of nitriles is 1. The van der Waals surface area contributed by atoms with Gasteiger partial charge in [0.05, 0.1) is 11.3 Å². The molecule has 2 rings (SSSR count). The van der Waals surface area contributed by atoms with Crippen molar-refractivity contribution in [3.05, 3.63) is 40.2 Å². The van der Waals surface area contributed by atoms with Crippen molar-refractivity contribution >= 4 is 22.4 Å². The van der Waals surface area contributed by atoms with Crippen LogP contribution in [0.2, 0.25) is 0 Å². The van der Waals surface area contributed by atoms with Crippen molar-refractivity contribution in [3.8, 4) is 6.07 Å². The van der Waals surface area contributed by atoms with Crippen LogP contribution in [0.5, 0.6) is 0 Å². The average molecular weight is 258 g/mol. The maximum atomic E-state index is 11.9. The van der Waals surface area contributed by atoms with Crippen LogP contribution in [0, 0.1) is 25.2 Å². The lowest BCUT2D eigenvalue weighted by molar-refractivity contribution is 0.102. The number of pyridine rings is 1. The van der Waals surface area contributed by atoms with E-state index in [4.69, 9.17) is 5.26 Å². The number of rotatable bonds is 2. The summed E-state index contributed by atoms with van der Waals surface area (Å²) in [5, 5.41) is 11.9. The van der Waals surface area contributed by atoms with Crippen LogP contribution in [0.1, 0.15) is 26.6 Å². The summed E-state index contributed by atoms with van der Waals surface area (Å²) in [6.07, 6.45) is 1.38. The number of nitrogens with zero attached hydrogens (tertiary/aromatic N) is 3. The summed E-state index contributed by atoms with van der Waals surface area (Å²) in [6.45, 7) is 3.84. The van der Waals surface area contributed by atoms with Gasteiger partial charge in [0, 0.05) is 11.1 Å². The highest BCUT2D eigenvalue weighted by molar-refractivity contribution is 7.15. The highest BCUT2D eigenvalue weighted by atomic mass is 32.1. The van der Waals surface area contributed by atoms with Crippen LogP contribution in [0.3, 0.4) is 0 Å². The zero-order valence-corrected chi connectivity index (χ0v) is 10.7. The Morgan fingerprint density at radius 2 is 2.22 bits per heavy atom. The average Bonchev–Trinajstić information content (AvgIpc) is 2.68. The first-order valence-electron chi connectivity index (χ1n) is 5.21. The summed E-state index contributed by atoms with van der Waals surface area (Å²) in [5.41, 5.74) is 1.60. The first kappa shape index (κ1) is 12.2. The molecule has 0 radical (unpaired) electrons. The number of aryl methyl sites for hydroxylation is 2. The molecule has 6 heteroatoms. The third-order valence-corrected chi connectivity index (χ3v) is 3.38. The summed E-state index contributed by atoms with van der Waals surface area (Å²) in [4.78, 5) is 21.0. The van der Waals surface area contributed by atoms with Gasteiger partial charge in [0.1, 0.15) is 11.8 Å². The van der Waals surface area contributed by atoms with Gasteiger partial charge in [-0.2, -0.15) is 5.26 Å². The van der Waals surface area contributed by atoms with Crippen LogP contribution < -0.4 is 5.32 Å². The summed E-state index contributed by atoms with van der Waals surface area (Å²) in [7, 11) is 0. The van der Waals surface area contributed by atoms with Crippen LogP contribution in [0.25, 0.3) is 0 Å². The fourth-order valence-electron chi connectivity index (χ4n) is 1.29. The number of thiazole rings is 1. The predicted molar refractivity (Wildman–Crippen MR) is 68.5 cm³/mol. The van der Waals surface area contributed by atoms with Gasteiger partial charge >= 0.3 is 0 Å². The molecule has 0 aromatic carbocycles. The molecule has 2 aromatic heterocycles. The van der Waals surface area contributed by atoms with E-state index in [1.54, 1.807) is 6.07 Å². The van der Waals surface area contributed by atoms with Crippen molar-refractivity contribution in [2.75, 3.05) is 5.32 Å². The SMILES string of the molecule is Cc1nc(NC(=O)c2ccc(C#N)nc2)sc1C. The van der Waals surface area contributed by atoms with Gasteiger partial charge < -0.3 is 0 Å². The molecule has 0 aliphatic heterocycles. The minimum Gasteiger partial charge on any atom is -0.298 e. The molecule has 90 valence electrons. The Morgan fingerprint density at radius 3 is 2.72 bits per heavy atom. The zero-order chi connectivity index (χ0) is 13.1.